The molecule has 2 atom stereocenters. The summed E-state index contributed by atoms with van der Waals surface area (Å²) < 4.78 is 1.02. The first-order valence-corrected chi connectivity index (χ1v) is 7.48. The Morgan fingerprint density at radius 3 is 2.42 bits per heavy atom. The Hall–Kier alpha value is -0.870. The van der Waals surface area contributed by atoms with Crippen LogP contribution in [0.2, 0.25) is 0 Å². The van der Waals surface area contributed by atoms with E-state index in [9.17, 15) is 9.90 Å². The Balaban J connectivity index is 2.04. The molecule has 1 amide bonds. The second-order valence-electron chi connectivity index (χ2n) is 5.55. The molecule has 0 aliphatic heterocycles. The van der Waals surface area contributed by atoms with Gasteiger partial charge in [0.2, 0.25) is 5.91 Å². The minimum Gasteiger partial charge on any atom is -0.393 e. The molecule has 1 aliphatic rings. The summed E-state index contributed by atoms with van der Waals surface area (Å²) in [6, 6.07) is 7.97. The lowest BCUT2D eigenvalue weighted by Gasteiger charge is -2.21. The summed E-state index contributed by atoms with van der Waals surface area (Å²) in [5.41, 5.74) is 0.741. The molecule has 104 valence electrons. The van der Waals surface area contributed by atoms with E-state index in [2.05, 4.69) is 21.2 Å². The van der Waals surface area contributed by atoms with Gasteiger partial charge in [0.05, 0.1) is 11.5 Å². The first kappa shape index (κ1) is 14.5. The summed E-state index contributed by atoms with van der Waals surface area (Å²) in [4.78, 5) is 12.4. The largest absolute Gasteiger partial charge is 0.393 e. The molecule has 1 saturated carbocycles. The molecule has 1 fully saturated rings. The smallest absolute Gasteiger partial charge is 0.230 e. The van der Waals surface area contributed by atoms with Crippen molar-refractivity contribution in [2.45, 2.75) is 50.7 Å². The lowest BCUT2D eigenvalue weighted by Crippen LogP contribution is -2.41. The van der Waals surface area contributed by atoms with E-state index in [0.29, 0.717) is 6.42 Å². The first-order valence-electron chi connectivity index (χ1n) is 6.69. The van der Waals surface area contributed by atoms with Crippen molar-refractivity contribution in [2.75, 3.05) is 0 Å². The van der Waals surface area contributed by atoms with Gasteiger partial charge in [0, 0.05) is 10.5 Å². The molecule has 4 heteroatoms. The average Bonchev–Trinajstić information content (AvgIpc) is 3.09. The molecule has 3 nitrogen and oxygen atoms in total. The third-order valence-electron chi connectivity index (χ3n) is 3.65. The van der Waals surface area contributed by atoms with Gasteiger partial charge < -0.3 is 10.4 Å². The summed E-state index contributed by atoms with van der Waals surface area (Å²) in [7, 11) is 0. The van der Waals surface area contributed by atoms with E-state index in [0.717, 1.165) is 22.9 Å². The van der Waals surface area contributed by atoms with Crippen LogP contribution in [-0.2, 0) is 10.2 Å². The highest BCUT2D eigenvalue weighted by Gasteiger charge is 2.51. The minimum absolute atomic E-state index is 0.000392. The number of hydrogen-bond donors (Lipinski definition) is 2. The highest BCUT2D eigenvalue weighted by Crippen LogP contribution is 2.48. The Kier molecular flexibility index (Phi) is 4.31. The maximum atomic E-state index is 12.4. The molecule has 0 spiro atoms. The number of aliphatic hydroxyl groups excluding tert-OH is 1. The Labute approximate surface area is 122 Å². The van der Waals surface area contributed by atoms with E-state index in [-0.39, 0.29) is 17.4 Å². The fourth-order valence-corrected chi connectivity index (χ4v) is 2.74. The van der Waals surface area contributed by atoms with E-state index in [4.69, 9.17) is 0 Å². The van der Waals surface area contributed by atoms with Crippen LogP contribution in [0.5, 0.6) is 0 Å². The number of carbonyl (C=O) groups excluding carboxylic acids is 1. The van der Waals surface area contributed by atoms with E-state index >= 15 is 0 Å². The van der Waals surface area contributed by atoms with Crippen LogP contribution in [0, 0.1) is 0 Å². The number of benzene rings is 1. The predicted octanol–water partition coefficient (Wildman–Crippen LogP) is 2.76. The van der Waals surface area contributed by atoms with Crippen molar-refractivity contribution in [2.24, 2.45) is 0 Å². The zero-order chi connectivity index (χ0) is 14.0. The number of halogens is 1. The van der Waals surface area contributed by atoms with E-state index in [1.807, 2.05) is 31.2 Å². The van der Waals surface area contributed by atoms with Crippen molar-refractivity contribution in [1.29, 1.82) is 0 Å². The average molecular weight is 326 g/mol. The molecule has 2 rings (SSSR count). The van der Waals surface area contributed by atoms with Crippen molar-refractivity contribution < 1.29 is 9.90 Å². The molecule has 2 unspecified atom stereocenters. The molecule has 1 aromatic carbocycles. The molecule has 0 heterocycles. The van der Waals surface area contributed by atoms with Crippen LogP contribution in [0.1, 0.15) is 38.7 Å². The molecule has 0 saturated heterocycles. The molecular formula is C15H20BrNO2. The number of hydrogen-bond acceptors (Lipinski definition) is 2. The van der Waals surface area contributed by atoms with Crippen molar-refractivity contribution in [3.63, 3.8) is 0 Å². The summed E-state index contributed by atoms with van der Waals surface area (Å²) in [5.74, 6) is 0.0861. The van der Waals surface area contributed by atoms with Crippen molar-refractivity contribution in [3.8, 4) is 0 Å². The van der Waals surface area contributed by atoms with Crippen molar-refractivity contribution >= 4 is 21.8 Å². The molecule has 1 aliphatic carbocycles. The van der Waals surface area contributed by atoms with E-state index in [1.165, 1.54) is 0 Å². The lowest BCUT2D eigenvalue weighted by molar-refractivity contribution is -0.124. The zero-order valence-electron chi connectivity index (χ0n) is 11.3. The second kappa shape index (κ2) is 5.63. The van der Waals surface area contributed by atoms with E-state index < -0.39 is 6.10 Å². The minimum atomic E-state index is -0.391. The van der Waals surface area contributed by atoms with Crippen LogP contribution in [-0.4, -0.2) is 23.2 Å². The van der Waals surface area contributed by atoms with Crippen molar-refractivity contribution in [3.05, 3.63) is 34.3 Å². The number of amides is 1. The Bertz CT molecular complexity index is 452. The molecule has 2 N–H and O–H groups in total. The molecule has 0 aromatic heterocycles. The van der Waals surface area contributed by atoms with Crippen LogP contribution in [0.4, 0.5) is 0 Å². The van der Waals surface area contributed by atoms with Crippen LogP contribution in [0.15, 0.2) is 28.7 Å². The van der Waals surface area contributed by atoms with Crippen LogP contribution in [0.3, 0.4) is 0 Å². The standard InChI is InChI=1S/C15H20BrNO2/c1-10(9-11(2)18)17-14(19)15(7-8-15)12-3-5-13(16)6-4-12/h3-6,10-11,18H,7-9H2,1-2H3,(H,17,19). The SMILES string of the molecule is CC(O)CC(C)NC(=O)C1(c2ccc(Br)cc2)CC1. The van der Waals surface area contributed by atoms with Gasteiger partial charge in [-0.3, -0.25) is 4.79 Å². The lowest BCUT2D eigenvalue weighted by atomic mass is 9.94. The molecule has 0 radical (unpaired) electrons. The maximum Gasteiger partial charge on any atom is 0.230 e. The third kappa shape index (κ3) is 3.37. The summed E-state index contributed by atoms with van der Waals surface area (Å²) >= 11 is 3.41. The number of nitrogens with one attached hydrogen (secondary N) is 1. The Morgan fingerprint density at radius 2 is 1.95 bits per heavy atom. The van der Waals surface area contributed by atoms with Gasteiger partial charge in [0.25, 0.3) is 0 Å². The zero-order valence-corrected chi connectivity index (χ0v) is 12.9. The highest BCUT2D eigenvalue weighted by molar-refractivity contribution is 9.10. The predicted molar refractivity (Wildman–Crippen MR) is 79.0 cm³/mol. The third-order valence-corrected chi connectivity index (χ3v) is 4.18. The van der Waals surface area contributed by atoms with Gasteiger partial charge in [0.15, 0.2) is 0 Å². The van der Waals surface area contributed by atoms with Gasteiger partial charge in [-0.1, -0.05) is 28.1 Å². The maximum absolute atomic E-state index is 12.4. The topological polar surface area (TPSA) is 49.3 Å². The van der Waals surface area contributed by atoms with Crippen molar-refractivity contribution in [1.82, 2.24) is 5.32 Å². The van der Waals surface area contributed by atoms with Gasteiger partial charge in [-0.25, -0.2) is 0 Å². The summed E-state index contributed by atoms with van der Waals surface area (Å²) in [5, 5.41) is 12.4. The summed E-state index contributed by atoms with van der Waals surface area (Å²) in [6.07, 6.45) is 2.00. The quantitative estimate of drug-likeness (QED) is 0.874. The van der Waals surface area contributed by atoms with Crippen LogP contribution < -0.4 is 5.32 Å². The first-order chi connectivity index (χ1) is 8.94. The van der Waals surface area contributed by atoms with Gasteiger partial charge in [-0.15, -0.1) is 0 Å². The van der Waals surface area contributed by atoms with Gasteiger partial charge in [-0.05, 0) is 50.8 Å². The number of aliphatic hydroxyl groups is 1. The number of carbonyl (C=O) groups is 1. The second-order valence-corrected chi connectivity index (χ2v) is 6.46. The molecule has 19 heavy (non-hydrogen) atoms. The molecular weight excluding hydrogens is 306 g/mol. The normalized spacial score (nSPS) is 19.6. The fraction of sp³-hybridized carbons (Fsp3) is 0.533. The van der Waals surface area contributed by atoms with Gasteiger partial charge >= 0.3 is 0 Å². The van der Waals surface area contributed by atoms with Crippen LogP contribution >= 0.6 is 15.9 Å². The van der Waals surface area contributed by atoms with Gasteiger partial charge in [0.1, 0.15) is 0 Å². The van der Waals surface area contributed by atoms with E-state index in [1.54, 1.807) is 6.92 Å². The molecule has 0 bridgehead atoms. The van der Waals surface area contributed by atoms with Gasteiger partial charge in [-0.2, -0.15) is 0 Å². The summed E-state index contributed by atoms with van der Waals surface area (Å²) in [6.45, 7) is 3.67. The van der Waals surface area contributed by atoms with Crippen LogP contribution in [0.25, 0.3) is 0 Å². The highest BCUT2D eigenvalue weighted by atomic mass is 79.9. The number of rotatable bonds is 5. The molecule has 1 aromatic rings. The fourth-order valence-electron chi connectivity index (χ4n) is 2.47. The monoisotopic (exact) mass is 325 g/mol. The Morgan fingerprint density at radius 1 is 1.37 bits per heavy atom.